The van der Waals surface area contributed by atoms with Crippen LogP contribution in [-0.2, 0) is 17.7 Å². The van der Waals surface area contributed by atoms with Crippen molar-refractivity contribution >= 4 is 16.7 Å². The Kier molecular flexibility index (Phi) is 5.94. The Morgan fingerprint density at radius 2 is 2.00 bits per heavy atom. The molecule has 1 fully saturated rings. The molecule has 2 aromatic carbocycles. The first-order valence-corrected chi connectivity index (χ1v) is 11.0. The van der Waals surface area contributed by atoms with Gasteiger partial charge in [0.1, 0.15) is 0 Å². The van der Waals surface area contributed by atoms with Crippen LogP contribution in [0.2, 0.25) is 0 Å². The first-order chi connectivity index (χ1) is 15.8. The van der Waals surface area contributed by atoms with Crippen LogP contribution in [0.5, 0.6) is 0 Å². The maximum absolute atomic E-state index is 13.5. The van der Waals surface area contributed by atoms with Gasteiger partial charge in [-0.05, 0) is 47.2 Å². The molecule has 3 heterocycles. The summed E-state index contributed by atoms with van der Waals surface area (Å²) >= 11 is 0. The molecule has 1 amide bonds. The minimum atomic E-state index is 0.0611. The lowest BCUT2D eigenvalue weighted by Crippen LogP contribution is -2.37. The second kappa shape index (κ2) is 9.32. The highest BCUT2D eigenvalue weighted by atomic mass is 16.5. The molecule has 0 saturated carbocycles. The van der Waals surface area contributed by atoms with Gasteiger partial charge in [0.25, 0.3) is 5.91 Å². The Bertz CT molecular complexity index is 1210. The number of carbonyl (C=O) groups is 1. The first kappa shape index (κ1) is 20.4. The van der Waals surface area contributed by atoms with Gasteiger partial charge < -0.3 is 9.64 Å². The molecule has 1 saturated heterocycles. The van der Waals surface area contributed by atoms with E-state index in [-0.39, 0.29) is 11.8 Å². The van der Waals surface area contributed by atoms with Crippen LogP contribution in [-0.4, -0.2) is 51.9 Å². The van der Waals surface area contributed by atoms with Crippen molar-refractivity contribution in [1.82, 2.24) is 19.7 Å². The molecule has 1 atom stereocenters. The number of fused-ring (bicyclic) bond motifs is 1. The van der Waals surface area contributed by atoms with Gasteiger partial charge in [-0.3, -0.25) is 14.5 Å². The van der Waals surface area contributed by atoms with E-state index < -0.39 is 0 Å². The standard InChI is InChI=1S/C26H26N4O2/c31-26(25-5-2-1-4-23(25)18-30-11-3-9-28-30)29-12-13-32-19-21(17-29)14-20-6-7-22-8-10-27-16-24(22)15-20/h1-11,15-16,21H,12-14,17-19H2/t21-/m0/s1. The van der Waals surface area contributed by atoms with Crippen molar-refractivity contribution in [2.45, 2.75) is 13.0 Å². The van der Waals surface area contributed by atoms with Crippen molar-refractivity contribution in [2.75, 3.05) is 26.3 Å². The maximum Gasteiger partial charge on any atom is 0.254 e. The second-order valence-corrected chi connectivity index (χ2v) is 8.31. The van der Waals surface area contributed by atoms with E-state index in [0.29, 0.717) is 32.8 Å². The summed E-state index contributed by atoms with van der Waals surface area (Å²) in [5.41, 5.74) is 2.96. The van der Waals surface area contributed by atoms with Crippen molar-refractivity contribution in [3.63, 3.8) is 0 Å². The molecule has 1 aliphatic heterocycles. The van der Waals surface area contributed by atoms with E-state index in [1.165, 1.54) is 10.9 Å². The van der Waals surface area contributed by atoms with Crippen LogP contribution in [0.15, 0.2) is 79.4 Å². The van der Waals surface area contributed by atoms with Gasteiger partial charge in [0, 0.05) is 54.7 Å². The van der Waals surface area contributed by atoms with Crippen LogP contribution in [0.3, 0.4) is 0 Å². The fourth-order valence-corrected chi connectivity index (χ4v) is 4.39. The summed E-state index contributed by atoms with van der Waals surface area (Å²) in [6, 6.07) is 18.2. The average Bonchev–Trinajstić information content (AvgIpc) is 3.23. The van der Waals surface area contributed by atoms with Crippen molar-refractivity contribution in [3.8, 4) is 0 Å². The number of amides is 1. The number of hydrogen-bond donors (Lipinski definition) is 0. The fourth-order valence-electron chi connectivity index (χ4n) is 4.39. The van der Waals surface area contributed by atoms with Crippen molar-refractivity contribution in [3.05, 3.63) is 96.1 Å². The molecule has 0 radical (unpaired) electrons. The van der Waals surface area contributed by atoms with Gasteiger partial charge in [-0.1, -0.05) is 30.3 Å². The van der Waals surface area contributed by atoms with E-state index in [1.54, 1.807) is 6.20 Å². The highest BCUT2D eigenvalue weighted by Crippen LogP contribution is 2.21. The third kappa shape index (κ3) is 4.55. The molecular weight excluding hydrogens is 400 g/mol. The molecule has 0 spiro atoms. The van der Waals surface area contributed by atoms with Gasteiger partial charge in [-0.2, -0.15) is 5.10 Å². The Morgan fingerprint density at radius 1 is 1.06 bits per heavy atom. The molecule has 6 heteroatoms. The van der Waals surface area contributed by atoms with E-state index in [0.717, 1.165) is 22.9 Å². The molecule has 2 aromatic heterocycles. The Balaban J connectivity index is 1.33. The number of ether oxygens (including phenoxy) is 1. The second-order valence-electron chi connectivity index (χ2n) is 8.31. The zero-order valence-electron chi connectivity index (χ0n) is 17.9. The number of hydrogen-bond acceptors (Lipinski definition) is 4. The monoisotopic (exact) mass is 426 g/mol. The molecule has 0 N–H and O–H groups in total. The molecule has 32 heavy (non-hydrogen) atoms. The largest absolute Gasteiger partial charge is 0.379 e. The van der Waals surface area contributed by atoms with E-state index in [9.17, 15) is 4.79 Å². The molecule has 162 valence electrons. The molecule has 4 aromatic rings. The predicted molar refractivity (Wildman–Crippen MR) is 123 cm³/mol. The number of aromatic nitrogens is 3. The topological polar surface area (TPSA) is 60.2 Å². The van der Waals surface area contributed by atoms with Crippen LogP contribution in [0.1, 0.15) is 21.5 Å². The summed E-state index contributed by atoms with van der Waals surface area (Å²) in [4.78, 5) is 19.7. The number of benzene rings is 2. The third-order valence-electron chi connectivity index (χ3n) is 5.99. The van der Waals surface area contributed by atoms with E-state index in [1.807, 2.05) is 64.6 Å². The van der Waals surface area contributed by atoms with E-state index in [4.69, 9.17) is 4.74 Å². The quantitative estimate of drug-likeness (QED) is 0.487. The molecule has 6 nitrogen and oxygen atoms in total. The predicted octanol–water partition coefficient (Wildman–Crippen LogP) is 3.81. The normalized spacial score (nSPS) is 16.8. The molecular formula is C26H26N4O2. The smallest absolute Gasteiger partial charge is 0.254 e. The minimum Gasteiger partial charge on any atom is -0.379 e. The fraction of sp³-hybridized carbons (Fsp3) is 0.269. The van der Waals surface area contributed by atoms with Gasteiger partial charge in [0.05, 0.1) is 19.8 Å². The van der Waals surface area contributed by atoms with Gasteiger partial charge in [-0.15, -0.1) is 0 Å². The van der Waals surface area contributed by atoms with Crippen LogP contribution >= 0.6 is 0 Å². The number of nitrogens with zero attached hydrogens (tertiary/aromatic N) is 4. The van der Waals surface area contributed by atoms with Crippen molar-refractivity contribution in [2.24, 2.45) is 5.92 Å². The molecule has 5 rings (SSSR count). The van der Waals surface area contributed by atoms with Gasteiger partial charge in [0.2, 0.25) is 0 Å². The first-order valence-electron chi connectivity index (χ1n) is 11.0. The van der Waals surface area contributed by atoms with E-state index in [2.05, 4.69) is 28.3 Å². The summed E-state index contributed by atoms with van der Waals surface area (Å²) in [6.07, 6.45) is 8.24. The lowest BCUT2D eigenvalue weighted by Gasteiger charge is -2.25. The Hall–Kier alpha value is -3.51. The summed E-state index contributed by atoms with van der Waals surface area (Å²) < 4.78 is 7.72. The lowest BCUT2D eigenvalue weighted by molar-refractivity contribution is 0.0736. The third-order valence-corrected chi connectivity index (χ3v) is 5.99. The SMILES string of the molecule is O=C(c1ccccc1Cn1cccn1)N1CCOC[C@@H](Cc2ccc3ccncc3c2)C1. The Morgan fingerprint density at radius 3 is 2.91 bits per heavy atom. The Labute approximate surface area is 187 Å². The zero-order chi connectivity index (χ0) is 21.8. The summed E-state index contributed by atoms with van der Waals surface area (Å²) in [6.45, 7) is 3.08. The van der Waals surface area contributed by atoms with Crippen LogP contribution in [0.4, 0.5) is 0 Å². The summed E-state index contributed by atoms with van der Waals surface area (Å²) in [5, 5.41) is 6.61. The molecule has 1 aliphatic rings. The average molecular weight is 427 g/mol. The molecule has 0 unspecified atom stereocenters. The van der Waals surface area contributed by atoms with Crippen molar-refractivity contribution in [1.29, 1.82) is 0 Å². The lowest BCUT2D eigenvalue weighted by atomic mass is 9.97. The van der Waals surface area contributed by atoms with Gasteiger partial charge in [0.15, 0.2) is 0 Å². The van der Waals surface area contributed by atoms with E-state index >= 15 is 0 Å². The summed E-state index contributed by atoms with van der Waals surface area (Å²) in [7, 11) is 0. The van der Waals surface area contributed by atoms with Gasteiger partial charge >= 0.3 is 0 Å². The zero-order valence-corrected chi connectivity index (χ0v) is 17.9. The van der Waals surface area contributed by atoms with Crippen LogP contribution in [0.25, 0.3) is 10.8 Å². The molecule has 0 bridgehead atoms. The van der Waals surface area contributed by atoms with Crippen LogP contribution in [0, 0.1) is 5.92 Å². The van der Waals surface area contributed by atoms with Crippen molar-refractivity contribution < 1.29 is 9.53 Å². The number of pyridine rings is 1. The van der Waals surface area contributed by atoms with Gasteiger partial charge in [-0.25, -0.2) is 0 Å². The summed E-state index contributed by atoms with van der Waals surface area (Å²) in [5.74, 6) is 0.305. The molecule has 0 aliphatic carbocycles. The number of carbonyl (C=O) groups excluding carboxylic acids is 1. The number of rotatable bonds is 5. The highest BCUT2D eigenvalue weighted by Gasteiger charge is 2.25. The highest BCUT2D eigenvalue weighted by molar-refractivity contribution is 5.95. The van der Waals surface area contributed by atoms with Crippen LogP contribution < -0.4 is 0 Å². The minimum absolute atomic E-state index is 0.0611. The maximum atomic E-state index is 13.5.